The summed E-state index contributed by atoms with van der Waals surface area (Å²) in [4.78, 5) is 11.1. The van der Waals surface area contributed by atoms with Crippen molar-refractivity contribution in [3.05, 3.63) is 41.0 Å². The van der Waals surface area contributed by atoms with Gasteiger partial charge in [0.2, 0.25) is 0 Å². The molecule has 0 saturated heterocycles. The molecule has 0 aromatic heterocycles. The number of carbonyl (C=O) groups excluding carboxylic acids is 1. The van der Waals surface area contributed by atoms with Crippen molar-refractivity contribution in [3.8, 4) is 0 Å². The van der Waals surface area contributed by atoms with E-state index in [1.54, 1.807) is 0 Å². The summed E-state index contributed by atoms with van der Waals surface area (Å²) in [5.74, 6) is 0.583. The first kappa shape index (κ1) is 12.7. The number of hydrogen-bond donors (Lipinski definition) is 0. The molecule has 0 unspecified atom stereocenters. The predicted octanol–water partition coefficient (Wildman–Crippen LogP) is 3.93. The van der Waals surface area contributed by atoms with E-state index >= 15 is 0 Å². The molecule has 1 aromatic carbocycles. The molecule has 0 radical (unpaired) electrons. The molecule has 0 aliphatic rings. The van der Waals surface area contributed by atoms with Gasteiger partial charge in [-0.1, -0.05) is 38.1 Å². The number of aldehydes is 1. The van der Waals surface area contributed by atoms with Crippen LogP contribution in [-0.2, 0) is 4.79 Å². The first-order chi connectivity index (χ1) is 7.56. The lowest BCUT2D eigenvalue weighted by atomic mass is 9.96. The average molecular weight is 216 g/mol. The normalized spacial score (nSPS) is 11.9. The van der Waals surface area contributed by atoms with E-state index in [9.17, 15) is 4.79 Å². The first-order valence-electron chi connectivity index (χ1n) is 5.78. The van der Waals surface area contributed by atoms with Gasteiger partial charge in [0, 0.05) is 5.57 Å². The third kappa shape index (κ3) is 3.06. The molecule has 0 bridgehead atoms. The molecule has 0 aliphatic carbocycles. The molecular formula is C15H20O. The fraction of sp³-hybridized carbons (Fsp3) is 0.400. The molecule has 1 aromatic rings. The van der Waals surface area contributed by atoms with E-state index in [-0.39, 0.29) is 0 Å². The van der Waals surface area contributed by atoms with Crippen LogP contribution in [0, 0.1) is 19.8 Å². The summed E-state index contributed by atoms with van der Waals surface area (Å²) in [5, 5.41) is 0. The van der Waals surface area contributed by atoms with Crippen LogP contribution in [0.5, 0.6) is 0 Å². The highest BCUT2D eigenvalue weighted by atomic mass is 16.1. The molecule has 0 fully saturated rings. The molecular weight excluding hydrogens is 196 g/mol. The van der Waals surface area contributed by atoms with Crippen LogP contribution in [0.4, 0.5) is 0 Å². The highest BCUT2D eigenvalue weighted by Gasteiger charge is 2.05. The van der Waals surface area contributed by atoms with Gasteiger partial charge in [0.05, 0.1) is 0 Å². The van der Waals surface area contributed by atoms with E-state index < -0.39 is 0 Å². The second-order valence-electron chi connectivity index (χ2n) is 4.65. The number of hydrogen-bond acceptors (Lipinski definition) is 1. The summed E-state index contributed by atoms with van der Waals surface area (Å²) in [6, 6.07) is 6.09. The van der Waals surface area contributed by atoms with Gasteiger partial charge in [0.15, 0.2) is 0 Å². The molecule has 16 heavy (non-hydrogen) atoms. The smallest absolute Gasteiger partial charge is 0.150 e. The SMILES string of the molecule is Cc1cccc(C(C=O)=CCC(C)C)c1C. The molecule has 0 N–H and O–H groups in total. The Morgan fingerprint density at radius 2 is 2.00 bits per heavy atom. The lowest BCUT2D eigenvalue weighted by Crippen LogP contribution is -1.94. The molecule has 1 nitrogen and oxygen atoms in total. The van der Waals surface area contributed by atoms with E-state index in [1.165, 1.54) is 11.1 Å². The van der Waals surface area contributed by atoms with Crippen LogP contribution < -0.4 is 0 Å². The molecule has 0 aliphatic heterocycles. The third-order valence-corrected chi connectivity index (χ3v) is 2.85. The van der Waals surface area contributed by atoms with E-state index in [0.29, 0.717) is 5.92 Å². The van der Waals surface area contributed by atoms with E-state index in [2.05, 4.69) is 33.8 Å². The largest absolute Gasteiger partial charge is 0.298 e. The Balaban J connectivity index is 3.09. The van der Waals surface area contributed by atoms with E-state index in [0.717, 1.165) is 23.8 Å². The summed E-state index contributed by atoms with van der Waals surface area (Å²) >= 11 is 0. The van der Waals surface area contributed by atoms with Crippen molar-refractivity contribution in [2.24, 2.45) is 5.92 Å². The van der Waals surface area contributed by atoms with Crippen LogP contribution >= 0.6 is 0 Å². The fourth-order valence-electron chi connectivity index (χ4n) is 1.65. The highest BCUT2D eigenvalue weighted by molar-refractivity contribution is 6.07. The Kier molecular flexibility index (Phi) is 4.48. The van der Waals surface area contributed by atoms with Gasteiger partial charge in [-0.15, -0.1) is 0 Å². The summed E-state index contributed by atoms with van der Waals surface area (Å²) in [6.45, 7) is 8.45. The van der Waals surface area contributed by atoms with Crippen LogP contribution in [0.2, 0.25) is 0 Å². The van der Waals surface area contributed by atoms with Crippen LogP contribution in [0.3, 0.4) is 0 Å². The molecule has 86 valence electrons. The topological polar surface area (TPSA) is 17.1 Å². The van der Waals surface area contributed by atoms with Crippen LogP contribution in [-0.4, -0.2) is 6.29 Å². The van der Waals surface area contributed by atoms with Crippen molar-refractivity contribution in [2.45, 2.75) is 34.1 Å². The Bertz CT molecular complexity index is 400. The lowest BCUT2D eigenvalue weighted by Gasteiger charge is -2.08. The molecule has 0 atom stereocenters. The van der Waals surface area contributed by atoms with Crippen LogP contribution in [0.25, 0.3) is 5.57 Å². The quantitative estimate of drug-likeness (QED) is 0.550. The zero-order valence-electron chi connectivity index (χ0n) is 10.6. The zero-order valence-corrected chi connectivity index (χ0v) is 10.6. The van der Waals surface area contributed by atoms with Crippen molar-refractivity contribution >= 4 is 11.9 Å². The van der Waals surface area contributed by atoms with Gasteiger partial charge in [-0.3, -0.25) is 4.79 Å². The molecule has 1 heteroatoms. The number of allylic oxidation sites excluding steroid dienone is 2. The van der Waals surface area contributed by atoms with Crippen molar-refractivity contribution in [2.75, 3.05) is 0 Å². The minimum Gasteiger partial charge on any atom is -0.298 e. The minimum absolute atomic E-state index is 0.583. The van der Waals surface area contributed by atoms with Crippen molar-refractivity contribution in [3.63, 3.8) is 0 Å². The summed E-state index contributed by atoms with van der Waals surface area (Å²) in [7, 11) is 0. The Morgan fingerprint density at radius 3 is 2.56 bits per heavy atom. The van der Waals surface area contributed by atoms with Gasteiger partial charge < -0.3 is 0 Å². The van der Waals surface area contributed by atoms with Crippen molar-refractivity contribution in [1.82, 2.24) is 0 Å². The van der Waals surface area contributed by atoms with Crippen LogP contribution in [0.15, 0.2) is 24.3 Å². The van der Waals surface area contributed by atoms with Crippen molar-refractivity contribution < 1.29 is 4.79 Å². The number of benzene rings is 1. The van der Waals surface area contributed by atoms with E-state index in [1.807, 2.05) is 18.2 Å². The third-order valence-electron chi connectivity index (χ3n) is 2.85. The second kappa shape index (κ2) is 5.64. The van der Waals surface area contributed by atoms with E-state index in [4.69, 9.17) is 0 Å². The van der Waals surface area contributed by atoms with Gasteiger partial charge in [-0.2, -0.15) is 0 Å². The highest BCUT2D eigenvalue weighted by Crippen LogP contribution is 2.21. The molecule has 1 rings (SSSR count). The maximum Gasteiger partial charge on any atom is 0.150 e. The minimum atomic E-state index is 0.583. The Hall–Kier alpha value is -1.37. The summed E-state index contributed by atoms with van der Waals surface area (Å²) < 4.78 is 0. The van der Waals surface area contributed by atoms with Gasteiger partial charge >= 0.3 is 0 Å². The second-order valence-corrected chi connectivity index (χ2v) is 4.65. The first-order valence-corrected chi connectivity index (χ1v) is 5.78. The van der Waals surface area contributed by atoms with Gasteiger partial charge in [0.25, 0.3) is 0 Å². The number of carbonyl (C=O) groups is 1. The Morgan fingerprint density at radius 1 is 1.31 bits per heavy atom. The summed E-state index contributed by atoms with van der Waals surface area (Å²) in [6.07, 6.45) is 3.95. The van der Waals surface area contributed by atoms with Gasteiger partial charge in [-0.05, 0) is 42.9 Å². The zero-order chi connectivity index (χ0) is 12.1. The Labute approximate surface area is 98.2 Å². The molecule has 0 spiro atoms. The number of aryl methyl sites for hydroxylation is 1. The van der Waals surface area contributed by atoms with Crippen LogP contribution in [0.1, 0.15) is 37.0 Å². The van der Waals surface area contributed by atoms with Crippen molar-refractivity contribution in [1.29, 1.82) is 0 Å². The monoisotopic (exact) mass is 216 g/mol. The lowest BCUT2D eigenvalue weighted by molar-refractivity contribution is -0.103. The maximum atomic E-state index is 11.1. The maximum absolute atomic E-state index is 11.1. The fourth-order valence-corrected chi connectivity index (χ4v) is 1.65. The molecule has 0 heterocycles. The predicted molar refractivity (Wildman–Crippen MR) is 69.4 cm³/mol. The summed E-state index contributed by atoms with van der Waals surface area (Å²) in [5.41, 5.74) is 4.31. The number of rotatable bonds is 4. The van der Waals surface area contributed by atoms with Gasteiger partial charge in [-0.25, -0.2) is 0 Å². The standard InChI is InChI=1S/C15H20O/c1-11(2)8-9-14(10-16)15-7-5-6-12(3)13(15)4/h5-7,9-11H,8H2,1-4H3. The molecule has 0 saturated carbocycles. The average Bonchev–Trinajstić information content (AvgIpc) is 2.24. The molecule has 0 amide bonds. The van der Waals surface area contributed by atoms with Gasteiger partial charge in [0.1, 0.15) is 6.29 Å².